The van der Waals surface area contributed by atoms with Crippen LogP contribution in [0.15, 0.2) is 146 Å². The minimum atomic E-state index is 0.582. The third-order valence-electron chi connectivity index (χ3n) is 7.67. The molecule has 0 amide bonds. The molecule has 0 aliphatic rings. The number of hydrogen-bond donors (Lipinski definition) is 0. The summed E-state index contributed by atoms with van der Waals surface area (Å²) in [5, 5.41) is 3.22. The van der Waals surface area contributed by atoms with Gasteiger partial charge in [0.25, 0.3) is 0 Å². The Morgan fingerprint density at radius 1 is 0.357 bits per heavy atom. The smallest absolute Gasteiger partial charge is 0.179 e. The summed E-state index contributed by atoms with van der Waals surface area (Å²) in [5.74, 6) is 0.582. The Labute approximate surface area is 243 Å². The van der Waals surface area contributed by atoms with Crippen LogP contribution in [0.4, 0.5) is 0 Å². The molecule has 0 spiro atoms. The van der Waals surface area contributed by atoms with Crippen molar-refractivity contribution in [2.45, 2.75) is 0 Å². The van der Waals surface area contributed by atoms with E-state index in [0.717, 1.165) is 60.8 Å². The molecule has 5 aromatic carbocycles. The summed E-state index contributed by atoms with van der Waals surface area (Å²) in [6, 6.07) is 49.7. The molecule has 0 saturated carbocycles. The maximum atomic E-state index is 5.20. The fourth-order valence-electron chi connectivity index (χ4n) is 5.65. The van der Waals surface area contributed by atoms with Gasteiger partial charge in [-0.1, -0.05) is 127 Å². The highest BCUT2D eigenvalue weighted by atomic mass is 14.9. The van der Waals surface area contributed by atoms with Crippen molar-refractivity contribution in [2.24, 2.45) is 0 Å². The van der Waals surface area contributed by atoms with Crippen LogP contribution in [0.3, 0.4) is 0 Å². The van der Waals surface area contributed by atoms with E-state index in [9.17, 15) is 0 Å². The van der Waals surface area contributed by atoms with Gasteiger partial charge in [0, 0.05) is 32.8 Å². The van der Waals surface area contributed by atoms with Crippen LogP contribution in [0.2, 0.25) is 0 Å². The van der Waals surface area contributed by atoms with E-state index in [0.29, 0.717) is 11.5 Å². The van der Waals surface area contributed by atoms with Gasteiger partial charge in [-0.3, -0.25) is 0 Å². The number of para-hydroxylation sites is 1. The quantitative estimate of drug-likeness (QED) is 0.166. The van der Waals surface area contributed by atoms with Crippen molar-refractivity contribution in [1.82, 2.24) is 19.9 Å². The van der Waals surface area contributed by atoms with Crippen molar-refractivity contribution < 1.29 is 0 Å². The molecule has 8 rings (SSSR count). The second-order valence-corrected chi connectivity index (χ2v) is 10.3. The predicted octanol–water partition coefficient (Wildman–Crippen LogP) is 9.39. The van der Waals surface area contributed by atoms with E-state index < -0.39 is 0 Å². The number of nitrogens with zero attached hydrogens (tertiary/aromatic N) is 4. The molecule has 0 N–H and O–H groups in total. The van der Waals surface area contributed by atoms with Gasteiger partial charge in [0.15, 0.2) is 5.82 Å². The molecular weight excluding hydrogens is 512 g/mol. The Bertz CT molecular complexity index is 2170. The number of rotatable bonds is 4. The molecule has 0 bridgehead atoms. The molecular formula is C38H24N4. The molecule has 4 heteroatoms. The molecule has 0 radical (unpaired) electrons. The molecule has 4 nitrogen and oxygen atoms in total. The van der Waals surface area contributed by atoms with Crippen molar-refractivity contribution in [3.63, 3.8) is 0 Å². The maximum Gasteiger partial charge on any atom is 0.179 e. The summed E-state index contributed by atoms with van der Waals surface area (Å²) in [4.78, 5) is 20.4. The lowest BCUT2D eigenvalue weighted by Crippen LogP contribution is -1.98. The molecule has 0 unspecified atom stereocenters. The average Bonchev–Trinajstić information content (AvgIpc) is 3.08. The van der Waals surface area contributed by atoms with Gasteiger partial charge in [-0.15, -0.1) is 0 Å². The average molecular weight is 537 g/mol. The molecule has 3 aromatic heterocycles. The monoisotopic (exact) mass is 536 g/mol. The van der Waals surface area contributed by atoms with Gasteiger partial charge in [-0.05, 0) is 23.8 Å². The molecule has 0 atom stereocenters. The number of pyridine rings is 2. The first-order chi connectivity index (χ1) is 20.8. The summed E-state index contributed by atoms with van der Waals surface area (Å²) in [7, 11) is 0. The zero-order valence-electron chi connectivity index (χ0n) is 22.6. The number of aromatic nitrogens is 4. The van der Waals surface area contributed by atoms with Crippen LogP contribution in [0.25, 0.3) is 77.9 Å². The summed E-state index contributed by atoms with van der Waals surface area (Å²) >= 11 is 0. The van der Waals surface area contributed by atoms with Crippen LogP contribution in [-0.2, 0) is 0 Å². The highest BCUT2D eigenvalue weighted by Gasteiger charge is 2.16. The van der Waals surface area contributed by atoms with E-state index in [1.165, 1.54) is 5.56 Å². The van der Waals surface area contributed by atoms with Crippen molar-refractivity contribution in [3.8, 4) is 45.2 Å². The first-order valence-corrected chi connectivity index (χ1v) is 14.0. The normalized spacial score (nSPS) is 11.3. The highest BCUT2D eigenvalue weighted by molar-refractivity contribution is 6.16. The molecule has 8 aromatic rings. The SMILES string of the molecule is c1ccc(-c2cc(-c3ccccc3)nc(-c3ccc4ccc5c(-c6ccccc6)c6ccccc6nc5c4n3)n2)cc1. The number of benzene rings is 5. The van der Waals surface area contributed by atoms with Crippen molar-refractivity contribution in [2.75, 3.05) is 0 Å². The zero-order chi connectivity index (χ0) is 27.9. The van der Waals surface area contributed by atoms with Crippen molar-refractivity contribution in [1.29, 1.82) is 0 Å². The molecule has 0 saturated heterocycles. The summed E-state index contributed by atoms with van der Waals surface area (Å²) < 4.78 is 0. The van der Waals surface area contributed by atoms with Gasteiger partial charge in [0.2, 0.25) is 0 Å². The molecule has 196 valence electrons. The fourth-order valence-corrected chi connectivity index (χ4v) is 5.65. The Morgan fingerprint density at radius 3 is 1.60 bits per heavy atom. The van der Waals surface area contributed by atoms with E-state index in [2.05, 4.69) is 84.9 Å². The van der Waals surface area contributed by atoms with Crippen LogP contribution in [0.5, 0.6) is 0 Å². The first-order valence-electron chi connectivity index (χ1n) is 14.0. The zero-order valence-corrected chi connectivity index (χ0v) is 22.6. The Kier molecular flexibility index (Phi) is 5.75. The van der Waals surface area contributed by atoms with Crippen molar-refractivity contribution >= 4 is 32.7 Å². The van der Waals surface area contributed by atoms with E-state index in [-0.39, 0.29) is 0 Å². The summed E-state index contributed by atoms with van der Waals surface area (Å²) in [6.07, 6.45) is 0. The molecule has 0 fully saturated rings. The highest BCUT2D eigenvalue weighted by Crippen LogP contribution is 2.37. The maximum absolute atomic E-state index is 5.20. The molecule has 0 aliphatic heterocycles. The number of fused-ring (bicyclic) bond motifs is 4. The minimum Gasteiger partial charge on any atom is -0.245 e. The minimum absolute atomic E-state index is 0.582. The Balaban J connectivity index is 1.39. The topological polar surface area (TPSA) is 51.6 Å². The second kappa shape index (κ2) is 10.0. The van der Waals surface area contributed by atoms with Gasteiger partial charge >= 0.3 is 0 Å². The van der Waals surface area contributed by atoms with Gasteiger partial charge in [-0.2, -0.15) is 0 Å². The van der Waals surface area contributed by atoms with Crippen LogP contribution >= 0.6 is 0 Å². The third kappa shape index (κ3) is 4.18. The Morgan fingerprint density at radius 2 is 0.929 bits per heavy atom. The van der Waals surface area contributed by atoms with Crippen LogP contribution in [0, 0.1) is 0 Å². The van der Waals surface area contributed by atoms with Gasteiger partial charge in [-0.25, -0.2) is 19.9 Å². The van der Waals surface area contributed by atoms with Gasteiger partial charge in [0.05, 0.1) is 27.9 Å². The molecule has 42 heavy (non-hydrogen) atoms. The van der Waals surface area contributed by atoms with E-state index >= 15 is 0 Å². The summed E-state index contributed by atoms with van der Waals surface area (Å²) in [6.45, 7) is 0. The summed E-state index contributed by atoms with van der Waals surface area (Å²) in [5.41, 5.74) is 9.46. The molecule has 3 heterocycles. The largest absolute Gasteiger partial charge is 0.245 e. The van der Waals surface area contributed by atoms with E-state index in [1.54, 1.807) is 0 Å². The van der Waals surface area contributed by atoms with Crippen LogP contribution in [-0.4, -0.2) is 19.9 Å². The van der Waals surface area contributed by atoms with Crippen LogP contribution in [0.1, 0.15) is 0 Å². The van der Waals surface area contributed by atoms with Gasteiger partial charge < -0.3 is 0 Å². The van der Waals surface area contributed by atoms with E-state index in [4.69, 9.17) is 19.9 Å². The van der Waals surface area contributed by atoms with Gasteiger partial charge in [0.1, 0.15) is 5.69 Å². The third-order valence-corrected chi connectivity index (χ3v) is 7.67. The molecule has 0 aliphatic carbocycles. The van der Waals surface area contributed by atoms with Crippen LogP contribution < -0.4 is 0 Å². The lowest BCUT2D eigenvalue weighted by Gasteiger charge is -2.13. The lowest BCUT2D eigenvalue weighted by molar-refractivity contribution is 1.16. The lowest BCUT2D eigenvalue weighted by atomic mass is 9.95. The van der Waals surface area contributed by atoms with E-state index in [1.807, 2.05) is 60.7 Å². The standard InChI is InChI=1S/C38H24N4/c1-4-12-25(13-5-1)33-24-34(26-14-6-2-7-15-26)42-38(41-33)32-23-21-28-20-22-30-35(27-16-8-3-9-17-27)29-18-10-11-19-31(29)39-37(30)36(28)40-32/h1-24H. The fraction of sp³-hybridized carbons (Fsp3) is 0. The second-order valence-electron chi connectivity index (χ2n) is 10.3. The number of hydrogen-bond acceptors (Lipinski definition) is 4. The predicted molar refractivity (Wildman–Crippen MR) is 172 cm³/mol. The first kappa shape index (κ1) is 24.1. The Hall–Kier alpha value is -5.74. The van der Waals surface area contributed by atoms with Crippen molar-refractivity contribution in [3.05, 3.63) is 146 Å².